The Kier molecular flexibility index (Phi) is 2.76. The first-order chi connectivity index (χ1) is 6.90. The molecule has 0 aromatic carbocycles. The summed E-state index contributed by atoms with van der Waals surface area (Å²) in [7, 11) is 0. The van der Waals surface area contributed by atoms with Crippen LogP contribution in [0.2, 0.25) is 0 Å². The van der Waals surface area contributed by atoms with Gasteiger partial charge >= 0.3 is 0 Å². The molecular formula is C11H13N3. The summed E-state index contributed by atoms with van der Waals surface area (Å²) in [5.41, 5.74) is 1.67. The van der Waals surface area contributed by atoms with Crippen LogP contribution in [-0.4, -0.2) is 18.1 Å². The number of nitrogens with one attached hydrogen (secondary N) is 1. The van der Waals surface area contributed by atoms with Crippen LogP contribution in [0.25, 0.3) is 0 Å². The molecule has 1 aliphatic heterocycles. The number of rotatable bonds is 2. The van der Waals surface area contributed by atoms with E-state index in [9.17, 15) is 0 Å². The Balaban J connectivity index is 2.11. The first kappa shape index (κ1) is 9.17. The minimum atomic E-state index is 0.650. The Morgan fingerprint density at radius 3 is 3.29 bits per heavy atom. The van der Waals surface area contributed by atoms with Crippen molar-refractivity contribution in [2.24, 2.45) is 5.92 Å². The van der Waals surface area contributed by atoms with Crippen molar-refractivity contribution < 1.29 is 0 Å². The van der Waals surface area contributed by atoms with E-state index in [-0.39, 0.29) is 0 Å². The van der Waals surface area contributed by atoms with E-state index in [0.29, 0.717) is 5.92 Å². The number of pyridine rings is 1. The molecule has 1 aromatic rings. The summed E-state index contributed by atoms with van der Waals surface area (Å²) in [5, 5.41) is 12.2. The highest BCUT2D eigenvalue weighted by atomic mass is 14.9. The molecule has 0 aliphatic carbocycles. The van der Waals surface area contributed by atoms with Gasteiger partial charge in [-0.05, 0) is 44.0 Å². The molecule has 0 radical (unpaired) electrons. The predicted octanol–water partition coefficient (Wildman–Crippen LogP) is 1.11. The normalized spacial score (nSPS) is 20.6. The summed E-state index contributed by atoms with van der Waals surface area (Å²) < 4.78 is 0. The summed E-state index contributed by atoms with van der Waals surface area (Å²) in [6.07, 6.45) is 3.89. The predicted molar refractivity (Wildman–Crippen MR) is 53.6 cm³/mol. The van der Waals surface area contributed by atoms with Gasteiger partial charge in [-0.25, -0.2) is 0 Å². The van der Waals surface area contributed by atoms with E-state index in [4.69, 9.17) is 5.26 Å². The fourth-order valence-electron chi connectivity index (χ4n) is 1.86. The van der Waals surface area contributed by atoms with Crippen molar-refractivity contribution in [1.29, 1.82) is 5.26 Å². The third kappa shape index (κ3) is 1.91. The van der Waals surface area contributed by atoms with Crippen molar-refractivity contribution in [3.05, 3.63) is 29.6 Å². The minimum Gasteiger partial charge on any atom is -0.316 e. The van der Waals surface area contributed by atoms with Crippen LogP contribution in [-0.2, 0) is 6.42 Å². The van der Waals surface area contributed by atoms with Crippen LogP contribution in [0.1, 0.15) is 17.7 Å². The molecule has 1 unspecified atom stereocenters. The lowest BCUT2D eigenvalue weighted by molar-refractivity contribution is 0.571. The summed E-state index contributed by atoms with van der Waals surface area (Å²) in [6, 6.07) is 5.84. The zero-order valence-electron chi connectivity index (χ0n) is 8.03. The molecule has 1 saturated heterocycles. The second-order valence-corrected chi connectivity index (χ2v) is 3.67. The lowest BCUT2D eigenvalue weighted by Crippen LogP contribution is -2.12. The van der Waals surface area contributed by atoms with Crippen molar-refractivity contribution >= 4 is 0 Å². The van der Waals surface area contributed by atoms with Gasteiger partial charge in [0.2, 0.25) is 0 Å². The van der Waals surface area contributed by atoms with E-state index in [1.54, 1.807) is 6.20 Å². The molecule has 1 aromatic heterocycles. The molecule has 0 saturated carbocycles. The Bertz CT molecular complexity index is 348. The maximum atomic E-state index is 8.89. The van der Waals surface area contributed by atoms with E-state index < -0.39 is 0 Å². The number of hydrogen-bond acceptors (Lipinski definition) is 3. The van der Waals surface area contributed by atoms with Crippen LogP contribution < -0.4 is 5.32 Å². The summed E-state index contributed by atoms with van der Waals surface area (Å²) in [4.78, 5) is 4.26. The topological polar surface area (TPSA) is 48.7 Å². The van der Waals surface area contributed by atoms with Gasteiger partial charge in [0.25, 0.3) is 0 Å². The first-order valence-corrected chi connectivity index (χ1v) is 4.95. The van der Waals surface area contributed by atoms with Crippen LogP contribution in [0.4, 0.5) is 0 Å². The van der Waals surface area contributed by atoms with Crippen LogP contribution in [0.5, 0.6) is 0 Å². The van der Waals surface area contributed by atoms with E-state index in [1.807, 2.05) is 12.1 Å². The summed E-state index contributed by atoms with van der Waals surface area (Å²) >= 11 is 0. The maximum Gasteiger partial charge on any atom is 0.101 e. The van der Waals surface area contributed by atoms with Crippen molar-refractivity contribution in [2.75, 3.05) is 13.1 Å². The van der Waals surface area contributed by atoms with Crippen molar-refractivity contribution in [3.63, 3.8) is 0 Å². The third-order valence-electron chi connectivity index (χ3n) is 2.66. The van der Waals surface area contributed by atoms with Crippen LogP contribution in [0.15, 0.2) is 18.3 Å². The SMILES string of the molecule is N#Cc1cccnc1CC1CCNC1. The molecular weight excluding hydrogens is 174 g/mol. The highest BCUT2D eigenvalue weighted by Crippen LogP contribution is 2.15. The quantitative estimate of drug-likeness (QED) is 0.754. The molecule has 1 atom stereocenters. The average Bonchev–Trinajstić information content (AvgIpc) is 2.71. The highest BCUT2D eigenvalue weighted by molar-refractivity contribution is 5.32. The lowest BCUT2D eigenvalue weighted by atomic mass is 10.00. The first-order valence-electron chi connectivity index (χ1n) is 4.95. The zero-order valence-corrected chi connectivity index (χ0v) is 8.03. The second-order valence-electron chi connectivity index (χ2n) is 3.67. The van der Waals surface area contributed by atoms with E-state index in [1.165, 1.54) is 6.42 Å². The molecule has 3 heteroatoms. The number of nitriles is 1. The minimum absolute atomic E-state index is 0.650. The van der Waals surface area contributed by atoms with Gasteiger partial charge in [0.1, 0.15) is 6.07 Å². The van der Waals surface area contributed by atoms with Gasteiger partial charge in [-0.1, -0.05) is 0 Å². The Hall–Kier alpha value is -1.40. The number of aromatic nitrogens is 1. The van der Waals surface area contributed by atoms with Crippen molar-refractivity contribution in [2.45, 2.75) is 12.8 Å². The monoisotopic (exact) mass is 187 g/mol. The fraction of sp³-hybridized carbons (Fsp3) is 0.455. The molecule has 2 heterocycles. The lowest BCUT2D eigenvalue weighted by Gasteiger charge is -2.07. The molecule has 72 valence electrons. The molecule has 0 bridgehead atoms. The number of hydrogen-bond donors (Lipinski definition) is 1. The smallest absolute Gasteiger partial charge is 0.101 e. The molecule has 0 amide bonds. The molecule has 3 nitrogen and oxygen atoms in total. The van der Waals surface area contributed by atoms with Crippen LogP contribution in [0.3, 0.4) is 0 Å². The van der Waals surface area contributed by atoms with Gasteiger partial charge in [-0.2, -0.15) is 5.26 Å². The molecule has 1 fully saturated rings. The van der Waals surface area contributed by atoms with Gasteiger partial charge in [-0.3, -0.25) is 4.98 Å². The Morgan fingerprint density at radius 2 is 2.57 bits per heavy atom. The van der Waals surface area contributed by atoms with Crippen LogP contribution in [0, 0.1) is 17.2 Å². The Labute approximate surface area is 83.8 Å². The third-order valence-corrected chi connectivity index (χ3v) is 2.66. The van der Waals surface area contributed by atoms with Crippen molar-refractivity contribution in [1.82, 2.24) is 10.3 Å². The maximum absolute atomic E-state index is 8.89. The zero-order chi connectivity index (χ0) is 9.80. The molecule has 1 aliphatic rings. The van der Waals surface area contributed by atoms with Crippen molar-refractivity contribution in [3.8, 4) is 6.07 Å². The summed E-state index contributed by atoms with van der Waals surface area (Å²) in [6.45, 7) is 2.15. The van der Waals surface area contributed by atoms with Gasteiger partial charge in [-0.15, -0.1) is 0 Å². The summed E-state index contributed by atoms with van der Waals surface area (Å²) in [5.74, 6) is 0.650. The number of nitrogens with zero attached hydrogens (tertiary/aromatic N) is 2. The molecule has 2 rings (SSSR count). The van der Waals surface area contributed by atoms with Gasteiger partial charge in [0, 0.05) is 6.20 Å². The fourth-order valence-corrected chi connectivity index (χ4v) is 1.86. The standard InChI is InChI=1S/C11H13N3/c12-7-10-2-1-4-14-11(10)6-9-3-5-13-8-9/h1-2,4,9,13H,3,5-6,8H2. The van der Waals surface area contributed by atoms with Crippen LogP contribution >= 0.6 is 0 Å². The van der Waals surface area contributed by atoms with E-state index in [0.717, 1.165) is 30.8 Å². The molecule has 14 heavy (non-hydrogen) atoms. The highest BCUT2D eigenvalue weighted by Gasteiger charge is 2.16. The van der Waals surface area contributed by atoms with Gasteiger partial charge in [0.05, 0.1) is 11.3 Å². The molecule has 1 N–H and O–H groups in total. The Morgan fingerprint density at radius 1 is 1.64 bits per heavy atom. The second kappa shape index (κ2) is 4.21. The van der Waals surface area contributed by atoms with Gasteiger partial charge < -0.3 is 5.32 Å². The van der Waals surface area contributed by atoms with E-state index >= 15 is 0 Å². The van der Waals surface area contributed by atoms with Gasteiger partial charge in [0.15, 0.2) is 0 Å². The van der Waals surface area contributed by atoms with E-state index in [2.05, 4.69) is 16.4 Å². The average molecular weight is 187 g/mol. The largest absolute Gasteiger partial charge is 0.316 e. The molecule has 0 spiro atoms.